The van der Waals surface area contributed by atoms with E-state index in [0.717, 1.165) is 50.5 Å². The van der Waals surface area contributed by atoms with Crippen molar-refractivity contribution in [2.45, 2.75) is 39.3 Å². The number of hydrogen-bond acceptors (Lipinski definition) is 6. The first-order chi connectivity index (χ1) is 15.0. The molecular weight excluding hydrogens is 416 g/mol. The third kappa shape index (κ3) is 5.60. The van der Waals surface area contributed by atoms with E-state index in [9.17, 15) is 4.79 Å². The van der Waals surface area contributed by atoms with E-state index in [4.69, 9.17) is 21.1 Å². The number of rotatable bonds is 7. The van der Waals surface area contributed by atoms with Crippen LogP contribution >= 0.6 is 11.6 Å². The monoisotopic (exact) mass is 444 g/mol. The highest BCUT2D eigenvalue weighted by atomic mass is 35.5. The Hall–Kier alpha value is -2.51. The molecule has 31 heavy (non-hydrogen) atoms. The summed E-state index contributed by atoms with van der Waals surface area (Å²) in [6, 6.07) is 7.92. The van der Waals surface area contributed by atoms with Crippen LogP contribution in [0.1, 0.15) is 42.6 Å². The Labute approximate surface area is 188 Å². The Morgan fingerprint density at radius 2 is 2.00 bits per heavy atom. The molecule has 7 nitrogen and oxygen atoms in total. The zero-order valence-corrected chi connectivity index (χ0v) is 18.7. The van der Waals surface area contributed by atoms with E-state index in [0.29, 0.717) is 29.1 Å². The van der Waals surface area contributed by atoms with Gasteiger partial charge in [-0.3, -0.25) is 9.69 Å². The zero-order chi connectivity index (χ0) is 21.8. The number of nitrogens with one attached hydrogen (secondary N) is 2. The van der Waals surface area contributed by atoms with Crippen molar-refractivity contribution in [2.24, 2.45) is 5.92 Å². The van der Waals surface area contributed by atoms with Crippen LogP contribution in [-0.2, 0) is 6.54 Å². The number of carbonyl (C=O) groups excluding carboxylic acids is 1. The molecule has 0 aliphatic carbocycles. The highest BCUT2D eigenvalue weighted by molar-refractivity contribution is 6.31. The first kappa shape index (κ1) is 21.7. The quantitative estimate of drug-likeness (QED) is 0.674. The average molecular weight is 445 g/mol. The number of ether oxygens (including phenoxy) is 2. The summed E-state index contributed by atoms with van der Waals surface area (Å²) in [5.41, 5.74) is 1.70. The molecule has 0 radical (unpaired) electrons. The van der Waals surface area contributed by atoms with Gasteiger partial charge in [-0.2, -0.15) is 0 Å². The first-order valence-corrected chi connectivity index (χ1v) is 11.2. The largest absolute Gasteiger partial charge is 0.454 e. The molecule has 1 aromatic heterocycles. The van der Waals surface area contributed by atoms with Crippen LogP contribution in [0.4, 0.5) is 5.82 Å². The molecule has 1 amide bonds. The van der Waals surface area contributed by atoms with Crippen LogP contribution in [0.15, 0.2) is 30.5 Å². The van der Waals surface area contributed by atoms with Crippen LogP contribution in [0.3, 0.4) is 0 Å². The van der Waals surface area contributed by atoms with E-state index in [1.54, 1.807) is 12.3 Å². The smallest absolute Gasteiger partial charge is 0.255 e. The van der Waals surface area contributed by atoms with Crippen molar-refractivity contribution in [3.05, 3.63) is 46.6 Å². The molecule has 2 aliphatic heterocycles. The molecule has 0 bridgehead atoms. The Kier molecular flexibility index (Phi) is 6.83. The zero-order valence-electron chi connectivity index (χ0n) is 18.0. The van der Waals surface area contributed by atoms with Crippen molar-refractivity contribution >= 4 is 23.3 Å². The van der Waals surface area contributed by atoms with Crippen molar-refractivity contribution in [2.75, 3.05) is 31.7 Å². The van der Waals surface area contributed by atoms with Crippen molar-refractivity contribution in [3.8, 4) is 11.5 Å². The highest BCUT2D eigenvalue weighted by Crippen LogP contribution is 2.33. The Morgan fingerprint density at radius 3 is 2.77 bits per heavy atom. The predicted octanol–water partition coefficient (Wildman–Crippen LogP) is 3.93. The molecule has 1 saturated heterocycles. The molecule has 1 aromatic carbocycles. The summed E-state index contributed by atoms with van der Waals surface area (Å²) in [4.78, 5) is 19.6. The van der Waals surface area contributed by atoms with Crippen LogP contribution in [0, 0.1) is 5.92 Å². The minimum absolute atomic E-state index is 0.129. The summed E-state index contributed by atoms with van der Waals surface area (Å²) in [7, 11) is 0. The second kappa shape index (κ2) is 9.75. The summed E-state index contributed by atoms with van der Waals surface area (Å²) in [5, 5.41) is 6.88. The standard InChI is InChI=1S/C23H29ClN4O3/c1-15(2)11-25-22-19(10-17(24)12-26-22)23(29)27-18-5-7-28(8-6-18)13-16-3-4-20-21(9-16)31-14-30-20/h3-4,9-10,12,15,18H,5-8,11,13-14H2,1-2H3,(H,25,26)(H,27,29). The van der Waals surface area contributed by atoms with Gasteiger partial charge in [-0.05, 0) is 42.5 Å². The summed E-state index contributed by atoms with van der Waals surface area (Å²) >= 11 is 6.10. The van der Waals surface area contributed by atoms with Gasteiger partial charge in [0, 0.05) is 38.4 Å². The van der Waals surface area contributed by atoms with E-state index in [2.05, 4.69) is 40.4 Å². The van der Waals surface area contributed by atoms with Gasteiger partial charge in [0.15, 0.2) is 11.5 Å². The molecule has 0 spiro atoms. The topological polar surface area (TPSA) is 75.7 Å². The number of piperidine rings is 1. The number of anilines is 1. The molecule has 2 aromatic rings. The fraction of sp³-hybridized carbons (Fsp3) is 0.478. The predicted molar refractivity (Wildman–Crippen MR) is 121 cm³/mol. The van der Waals surface area contributed by atoms with E-state index >= 15 is 0 Å². The number of benzene rings is 1. The summed E-state index contributed by atoms with van der Waals surface area (Å²) in [6.07, 6.45) is 3.37. The van der Waals surface area contributed by atoms with Gasteiger partial charge in [0.25, 0.3) is 5.91 Å². The summed E-state index contributed by atoms with van der Waals surface area (Å²) in [5.74, 6) is 2.52. The number of hydrogen-bond donors (Lipinski definition) is 2. The molecular formula is C23H29ClN4O3. The minimum Gasteiger partial charge on any atom is -0.454 e. The summed E-state index contributed by atoms with van der Waals surface area (Å²) in [6.45, 7) is 7.96. The lowest BCUT2D eigenvalue weighted by atomic mass is 10.0. The SMILES string of the molecule is CC(C)CNc1ncc(Cl)cc1C(=O)NC1CCN(Cc2ccc3c(c2)OCO3)CC1. The van der Waals surface area contributed by atoms with Gasteiger partial charge in [0.05, 0.1) is 10.6 Å². The van der Waals surface area contributed by atoms with Gasteiger partial charge in [0.1, 0.15) is 5.82 Å². The van der Waals surface area contributed by atoms with Gasteiger partial charge >= 0.3 is 0 Å². The minimum atomic E-state index is -0.129. The molecule has 3 heterocycles. The normalized spacial score (nSPS) is 16.5. The fourth-order valence-electron chi connectivity index (χ4n) is 3.85. The molecule has 2 N–H and O–H groups in total. The van der Waals surface area contributed by atoms with Crippen LogP contribution in [-0.4, -0.2) is 48.3 Å². The van der Waals surface area contributed by atoms with Crippen molar-refractivity contribution in [1.82, 2.24) is 15.2 Å². The maximum absolute atomic E-state index is 12.9. The number of likely N-dealkylation sites (tertiary alicyclic amines) is 1. The van der Waals surface area contributed by atoms with Crippen molar-refractivity contribution in [1.29, 1.82) is 0 Å². The molecule has 4 rings (SSSR count). The maximum atomic E-state index is 12.9. The van der Waals surface area contributed by atoms with Gasteiger partial charge in [-0.1, -0.05) is 31.5 Å². The number of halogens is 1. The number of aromatic nitrogens is 1. The first-order valence-electron chi connectivity index (χ1n) is 10.8. The molecule has 8 heteroatoms. The second-order valence-corrected chi connectivity index (χ2v) is 8.97. The Bertz CT molecular complexity index is 929. The van der Waals surface area contributed by atoms with Gasteiger partial charge in [-0.25, -0.2) is 4.98 Å². The van der Waals surface area contributed by atoms with E-state index in [1.807, 2.05) is 12.1 Å². The van der Waals surface area contributed by atoms with Crippen LogP contribution in [0.2, 0.25) is 5.02 Å². The van der Waals surface area contributed by atoms with E-state index in [1.165, 1.54) is 5.56 Å². The summed E-state index contributed by atoms with van der Waals surface area (Å²) < 4.78 is 10.9. The average Bonchev–Trinajstić information content (AvgIpc) is 3.22. The van der Waals surface area contributed by atoms with Gasteiger partial charge < -0.3 is 20.1 Å². The van der Waals surface area contributed by atoms with Crippen molar-refractivity contribution < 1.29 is 14.3 Å². The van der Waals surface area contributed by atoms with Crippen LogP contribution in [0.5, 0.6) is 11.5 Å². The molecule has 1 fully saturated rings. The van der Waals surface area contributed by atoms with Gasteiger partial charge in [-0.15, -0.1) is 0 Å². The molecule has 2 aliphatic rings. The number of carbonyl (C=O) groups is 1. The third-order valence-electron chi connectivity index (χ3n) is 5.54. The number of amides is 1. The van der Waals surface area contributed by atoms with E-state index < -0.39 is 0 Å². The van der Waals surface area contributed by atoms with Crippen molar-refractivity contribution in [3.63, 3.8) is 0 Å². The number of pyridine rings is 1. The van der Waals surface area contributed by atoms with Gasteiger partial charge in [0.2, 0.25) is 6.79 Å². The van der Waals surface area contributed by atoms with Crippen LogP contribution < -0.4 is 20.1 Å². The lowest BCUT2D eigenvalue weighted by molar-refractivity contribution is 0.0909. The lowest BCUT2D eigenvalue weighted by Crippen LogP contribution is -2.44. The fourth-order valence-corrected chi connectivity index (χ4v) is 4.01. The lowest BCUT2D eigenvalue weighted by Gasteiger charge is -2.32. The molecule has 166 valence electrons. The molecule has 0 atom stereocenters. The highest BCUT2D eigenvalue weighted by Gasteiger charge is 2.23. The number of fused-ring (bicyclic) bond motifs is 1. The second-order valence-electron chi connectivity index (χ2n) is 8.54. The van der Waals surface area contributed by atoms with Crippen LogP contribution in [0.25, 0.3) is 0 Å². The number of nitrogens with zero attached hydrogens (tertiary/aromatic N) is 2. The molecule has 0 saturated carbocycles. The maximum Gasteiger partial charge on any atom is 0.255 e. The third-order valence-corrected chi connectivity index (χ3v) is 5.75. The van der Waals surface area contributed by atoms with E-state index in [-0.39, 0.29) is 11.9 Å². The Morgan fingerprint density at radius 1 is 1.23 bits per heavy atom. The molecule has 0 unspecified atom stereocenters. The Balaban J connectivity index is 1.30.